The first-order chi connectivity index (χ1) is 18.8. The fraction of sp³-hybridized carbons (Fsp3) is 0.312. The van der Waals surface area contributed by atoms with Crippen molar-refractivity contribution in [1.82, 2.24) is 9.80 Å². The molecule has 0 radical (unpaired) electrons. The van der Waals surface area contributed by atoms with Crippen molar-refractivity contribution >= 4 is 17.4 Å². The number of hydrogen-bond donors (Lipinski definition) is 1. The minimum atomic E-state index is -0.749. The standard InChI is InChI=1S/C32H36N2O5/c1-5-18-38-27-15-14-25(19-22(27)2)30(35)28-29(34(17-16-33(3)4)32(37)31(28)36)24-12-9-13-26(20-24)39-21-23-10-7-6-8-11-23/h6-15,19-20,29,35H,5,16-18,21H2,1-4H3/b30-28+. The number of aliphatic hydroxyl groups is 1. The first-order valence-corrected chi connectivity index (χ1v) is 13.2. The number of benzene rings is 3. The highest BCUT2D eigenvalue weighted by Crippen LogP contribution is 2.40. The molecule has 0 saturated carbocycles. The van der Waals surface area contributed by atoms with E-state index in [-0.39, 0.29) is 11.3 Å². The number of amides is 1. The number of nitrogens with zero attached hydrogens (tertiary/aromatic N) is 2. The highest BCUT2D eigenvalue weighted by Gasteiger charge is 2.46. The number of likely N-dealkylation sites (N-methyl/N-ethyl adjacent to an activating group) is 1. The van der Waals surface area contributed by atoms with Crippen LogP contribution in [-0.4, -0.2) is 60.4 Å². The number of ether oxygens (including phenoxy) is 2. The van der Waals surface area contributed by atoms with Gasteiger partial charge in [-0.2, -0.15) is 0 Å². The lowest BCUT2D eigenvalue weighted by Gasteiger charge is -2.27. The van der Waals surface area contributed by atoms with Crippen LogP contribution in [-0.2, 0) is 16.2 Å². The van der Waals surface area contributed by atoms with Crippen molar-refractivity contribution in [2.45, 2.75) is 32.9 Å². The zero-order chi connectivity index (χ0) is 27.9. The number of carbonyl (C=O) groups is 2. The fourth-order valence-corrected chi connectivity index (χ4v) is 4.61. The summed E-state index contributed by atoms with van der Waals surface area (Å²) in [6.45, 7) is 5.80. The van der Waals surface area contributed by atoms with E-state index >= 15 is 0 Å². The molecule has 3 aromatic rings. The van der Waals surface area contributed by atoms with Gasteiger partial charge in [-0.1, -0.05) is 49.4 Å². The highest BCUT2D eigenvalue weighted by molar-refractivity contribution is 6.46. The third-order valence-electron chi connectivity index (χ3n) is 6.66. The van der Waals surface area contributed by atoms with Crippen LogP contribution >= 0.6 is 0 Å². The Hall–Kier alpha value is -4.10. The summed E-state index contributed by atoms with van der Waals surface area (Å²) in [5.74, 6) is -0.191. The van der Waals surface area contributed by atoms with Gasteiger partial charge >= 0.3 is 0 Å². The molecule has 1 heterocycles. The SMILES string of the molecule is CCCOc1ccc(/C(O)=C2\C(=O)C(=O)N(CCN(C)C)C2c2cccc(OCc3ccccc3)c2)cc1C. The maximum Gasteiger partial charge on any atom is 0.295 e. The predicted octanol–water partition coefficient (Wildman–Crippen LogP) is 5.35. The van der Waals surface area contributed by atoms with Gasteiger partial charge in [0, 0.05) is 18.7 Å². The minimum Gasteiger partial charge on any atom is -0.507 e. The summed E-state index contributed by atoms with van der Waals surface area (Å²) >= 11 is 0. The maximum atomic E-state index is 13.4. The van der Waals surface area contributed by atoms with Crippen LogP contribution in [0, 0.1) is 6.92 Å². The Morgan fingerprint density at radius 3 is 2.44 bits per heavy atom. The van der Waals surface area contributed by atoms with E-state index in [1.807, 2.05) is 87.4 Å². The minimum absolute atomic E-state index is 0.0700. The van der Waals surface area contributed by atoms with Crippen molar-refractivity contribution in [2.24, 2.45) is 0 Å². The second-order valence-electron chi connectivity index (χ2n) is 9.97. The molecule has 1 fully saturated rings. The number of aryl methyl sites for hydroxylation is 1. The van der Waals surface area contributed by atoms with Crippen molar-refractivity contribution in [3.8, 4) is 11.5 Å². The van der Waals surface area contributed by atoms with E-state index in [1.54, 1.807) is 18.2 Å². The van der Waals surface area contributed by atoms with E-state index in [9.17, 15) is 14.7 Å². The van der Waals surface area contributed by atoms with E-state index in [2.05, 4.69) is 0 Å². The summed E-state index contributed by atoms with van der Waals surface area (Å²) in [6.07, 6.45) is 0.881. The molecule has 204 valence electrons. The average molecular weight is 529 g/mol. The van der Waals surface area contributed by atoms with Crippen LogP contribution in [0.15, 0.2) is 78.4 Å². The Kier molecular flexibility index (Phi) is 9.04. The number of ketones is 1. The summed E-state index contributed by atoms with van der Waals surface area (Å²) in [6, 6.07) is 21.8. The van der Waals surface area contributed by atoms with Gasteiger partial charge in [0.05, 0.1) is 18.2 Å². The quantitative estimate of drug-likeness (QED) is 0.205. The van der Waals surface area contributed by atoms with E-state index < -0.39 is 17.7 Å². The largest absolute Gasteiger partial charge is 0.507 e. The molecule has 3 aromatic carbocycles. The summed E-state index contributed by atoms with van der Waals surface area (Å²) in [4.78, 5) is 30.1. The van der Waals surface area contributed by atoms with Gasteiger partial charge in [-0.15, -0.1) is 0 Å². The lowest BCUT2D eigenvalue weighted by atomic mass is 9.94. The normalized spacial score (nSPS) is 16.6. The Bertz CT molecular complexity index is 1350. The number of carbonyl (C=O) groups excluding carboxylic acids is 2. The predicted molar refractivity (Wildman–Crippen MR) is 152 cm³/mol. The second kappa shape index (κ2) is 12.6. The van der Waals surface area contributed by atoms with Gasteiger partial charge < -0.3 is 24.4 Å². The number of likely N-dealkylation sites (tertiary alicyclic amines) is 1. The molecule has 0 bridgehead atoms. The maximum absolute atomic E-state index is 13.4. The zero-order valence-corrected chi connectivity index (χ0v) is 23.0. The van der Waals surface area contributed by atoms with Crippen LogP contribution in [0.3, 0.4) is 0 Å². The molecule has 1 amide bonds. The molecule has 39 heavy (non-hydrogen) atoms. The number of rotatable bonds is 11. The lowest BCUT2D eigenvalue weighted by molar-refractivity contribution is -0.140. The van der Waals surface area contributed by atoms with Gasteiger partial charge in [0.15, 0.2) is 0 Å². The summed E-state index contributed by atoms with van der Waals surface area (Å²) < 4.78 is 11.8. The van der Waals surface area contributed by atoms with Crippen molar-refractivity contribution < 1.29 is 24.2 Å². The van der Waals surface area contributed by atoms with E-state index in [1.165, 1.54) is 4.90 Å². The average Bonchev–Trinajstić information content (AvgIpc) is 3.19. The van der Waals surface area contributed by atoms with Crippen LogP contribution in [0.2, 0.25) is 0 Å². The number of Topliss-reactive ketones (excluding diaryl/α,β-unsaturated/α-hetero) is 1. The molecule has 1 aliphatic rings. The summed E-state index contributed by atoms with van der Waals surface area (Å²) in [7, 11) is 3.82. The third-order valence-corrected chi connectivity index (χ3v) is 6.66. The summed E-state index contributed by atoms with van der Waals surface area (Å²) in [5.41, 5.74) is 3.09. The van der Waals surface area contributed by atoms with Crippen LogP contribution in [0.25, 0.3) is 5.76 Å². The Morgan fingerprint density at radius 2 is 1.74 bits per heavy atom. The molecule has 4 rings (SSSR count). The van der Waals surface area contributed by atoms with Gasteiger partial charge in [-0.3, -0.25) is 9.59 Å². The molecular weight excluding hydrogens is 492 g/mol. The van der Waals surface area contributed by atoms with Crippen molar-refractivity contribution in [2.75, 3.05) is 33.8 Å². The van der Waals surface area contributed by atoms with Crippen LogP contribution in [0.5, 0.6) is 11.5 Å². The monoisotopic (exact) mass is 528 g/mol. The molecule has 1 unspecified atom stereocenters. The Morgan fingerprint density at radius 1 is 0.974 bits per heavy atom. The number of hydrogen-bond acceptors (Lipinski definition) is 6. The molecule has 1 N–H and O–H groups in total. The molecule has 0 spiro atoms. The second-order valence-corrected chi connectivity index (χ2v) is 9.97. The molecule has 1 aliphatic heterocycles. The molecule has 7 nitrogen and oxygen atoms in total. The van der Waals surface area contributed by atoms with Crippen LogP contribution in [0.1, 0.15) is 41.6 Å². The molecule has 1 saturated heterocycles. The van der Waals surface area contributed by atoms with Crippen molar-refractivity contribution in [1.29, 1.82) is 0 Å². The van der Waals surface area contributed by atoms with Gasteiger partial charge in [0.25, 0.3) is 11.7 Å². The smallest absolute Gasteiger partial charge is 0.295 e. The first kappa shape index (κ1) is 27.9. The highest BCUT2D eigenvalue weighted by atomic mass is 16.5. The number of aliphatic hydroxyl groups excluding tert-OH is 1. The van der Waals surface area contributed by atoms with Gasteiger partial charge in [0.1, 0.15) is 23.9 Å². The molecular formula is C32H36N2O5. The topological polar surface area (TPSA) is 79.3 Å². The molecule has 0 aromatic heterocycles. The lowest BCUT2D eigenvalue weighted by Crippen LogP contribution is -2.35. The van der Waals surface area contributed by atoms with E-state index in [0.29, 0.717) is 43.2 Å². The Balaban J connectivity index is 1.73. The zero-order valence-electron chi connectivity index (χ0n) is 23.0. The van der Waals surface area contributed by atoms with Gasteiger partial charge in [0.2, 0.25) is 0 Å². The first-order valence-electron chi connectivity index (χ1n) is 13.2. The Labute approximate surface area is 230 Å². The van der Waals surface area contributed by atoms with E-state index in [0.717, 1.165) is 23.3 Å². The molecule has 0 aliphatic carbocycles. The van der Waals surface area contributed by atoms with Crippen LogP contribution < -0.4 is 9.47 Å². The third kappa shape index (κ3) is 6.49. The molecule has 7 heteroatoms. The fourth-order valence-electron chi connectivity index (χ4n) is 4.61. The van der Waals surface area contributed by atoms with Crippen molar-refractivity contribution in [3.63, 3.8) is 0 Å². The van der Waals surface area contributed by atoms with Crippen LogP contribution in [0.4, 0.5) is 0 Å². The van der Waals surface area contributed by atoms with E-state index in [4.69, 9.17) is 9.47 Å². The summed E-state index contributed by atoms with van der Waals surface area (Å²) in [5, 5.41) is 11.4. The van der Waals surface area contributed by atoms with Gasteiger partial charge in [-0.25, -0.2) is 0 Å². The van der Waals surface area contributed by atoms with Gasteiger partial charge in [-0.05, 0) is 74.5 Å². The molecule has 1 atom stereocenters. The van der Waals surface area contributed by atoms with Crippen molar-refractivity contribution in [3.05, 3.63) is 101 Å².